The predicted octanol–water partition coefficient (Wildman–Crippen LogP) is -0.677. The molecule has 88 valence electrons. The van der Waals surface area contributed by atoms with Crippen LogP contribution in [0.2, 0.25) is 0 Å². The van der Waals surface area contributed by atoms with Gasteiger partial charge in [0.25, 0.3) is 0 Å². The van der Waals surface area contributed by atoms with Crippen LogP contribution in [0.1, 0.15) is 0 Å². The Kier molecular flexibility index (Phi) is 10.8. The zero-order valence-corrected chi connectivity index (χ0v) is 9.04. The lowest BCUT2D eigenvalue weighted by atomic mass is 10.4. The Hall–Kier alpha value is -0.750. The quantitative estimate of drug-likeness (QED) is 0.354. The SMILES string of the molecule is C=CC(=O)CNCCOCCOCCN. The van der Waals surface area contributed by atoms with Crippen molar-refractivity contribution in [1.29, 1.82) is 0 Å². The maximum Gasteiger partial charge on any atom is 0.168 e. The van der Waals surface area contributed by atoms with Gasteiger partial charge in [-0.3, -0.25) is 4.79 Å². The third-order valence-corrected chi connectivity index (χ3v) is 1.58. The second-order valence-electron chi connectivity index (χ2n) is 2.86. The minimum absolute atomic E-state index is 0.0127. The zero-order chi connectivity index (χ0) is 11.4. The van der Waals surface area contributed by atoms with Crippen molar-refractivity contribution in [3.63, 3.8) is 0 Å². The summed E-state index contributed by atoms with van der Waals surface area (Å²) >= 11 is 0. The van der Waals surface area contributed by atoms with Crippen LogP contribution in [-0.4, -0.2) is 51.8 Å². The van der Waals surface area contributed by atoms with Crippen molar-refractivity contribution in [2.45, 2.75) is 0 Å². The van der Waals surface area contributed by atoms with Gasteiger partial charge in [0, 0.05) is 13.1 Å². The minimum Gasteiger partial charge on any atom is -0.378 e. The van der Waals surface area contributed by atoms with Crippen molar-refractivity contribution < 1.29 is 14.3 Å². The molecule has 0 atom stereocenters. The van der Waals surface area contributed by atoms with E-state index in [1.165, 1.54) is 6.08 Å². The molecule has 0 fully saturated rings. The Morgan fingerprint density at radius 1 is 1.27 bits per heavy atom. The van der Waals surface area contributed by atoms with Gasteiger partial charge in [0.15, 0.2) is 5.78 Å². The van der Waals surface area contributed by atoms with E-state index in [-0.39, 0.29) is 5.78 Å². The number of ether oxygens (including phenoxy) is 2. The van der Waals surface area contributed by atoms with E-state index in [0.29, 0.717) is 46.1 Å². The number of hydrogen-bond acceptors (Lipinski definition) is 5. The highest BCUT2D eigenvalue weighted by atomic mass is 16.5. The molecule has 0 unspecified atom stereocenters. The van der Waals surface area contributed by atoms with Crippen LogP contribution >= 0.6 is 0 Å². The van der Waals surface area contributed by atoms with Gasteiger partial charge in [-0.15, -0.1) is 0 Å². The van der Waals surface area contributed by atoms with Gasteiger partial charge in [-0.05, 0) is 6.08 Å². The Morgan fingerprint density at radius 3 is 2.53 bits per heavy atom. The molecule has 0 radical (unpaired) electrons. The van der Waals surface area contributed by atoms with Gasteiger partial charge in [-0.2, -0.15) is 0 Å². The highest BCUT2D eigenvalue weighted by Crippen LogP contribution is 1.77. The topological polar surface area (TPSA) is 73.6 Å². The molecule has 0 aromatic heterocycles. The average molecular weight is 216 g/mol. The van der Waals surface area contributed by atoms with E-state index < -0.39 is 0 Å². The molecule has 0 aliphatic rings. The molecule has 0 saturated carbocycles. The van der Waals surface area contributed by atoms with Gasteiger partial charge in [0.1, 0.15) is 0 Å². The summed E-state index contributed by atoms with van der Waals surface area (Å²) in [5, 5.41) is 2.93. The van der Waals surface area contributed by atoms with Crippen LogP contribution in [0, 0.1) is 0 Å². The summed E-state index contributed by atoms with van der Waals surface area (Å²) in [5.41, 5.74) is 5.23. The summed E-state index contributed by atoms with van der Waals surface area (Å²) in [5.74, 6) is -0.0127. The average Bonchev–Trinajstić information content (AvgIpc) is 2.26. The fourth-order valence-corrected chi connectivity index (χ4v) is 0.833. The van der Waals surface area contributed by atoms with Crippen LogP contribution < -0.4 is 11.1 Å². The summed E-state index contributed by atoms with van der Waals surface area (Å²) in [6.07, 6.45) is 1.30. The lowest BCUT2D eigenvalue weighted by molar-refractivity contribution is -0.113. The van der Waals surface area contributed by atoms with Crippen LogP contribution in [0.25, 0.3) is 0 Å². The molecule has 0 saturated heterocycles. The van der Waals surface area contributed by atoms with E-state index >= 15 is 0 Å². The second-order valence-corrected chi connectivity index (χ2v) is 2.86. The fraction of sp³-hybridized carbons (Fsp3) is 0.700. The van der Waals surface area contributed by atoms with Gasteiger partial charge < -0.3 is 20.5 Å². The normalized spacial score (nSPS) is 10.2. The van der Waals surface area contributed by atoms with Gasteiger partial charge in [0.2, 0.25) is 0 Å². The Balaban J connectivity index is 2.98. The Morgan fingerprint density at radius 2 is 1.93 bits per heavy atom. The molecule has 3 N–H and O–H groups in total. The zero-order valence-electron chi connectivity index (χ0n) is 9.04. The molecular weight excluding hydrogens is 196 g/mol. The summed E-state index contributed by atoms with van der Waals surface area (Å²) in [4.78, 5) is 10.8. The highest BCUT2D eigenvalue weighted by Gasteiger charge is 1.94. The first-order valence-electron chi connectivity index (χ1n) is 5.02. The summed E-state index contributed by atoms with van der Waals surface area (Å²) in [6, 6.07) is 0. The maximum atomic E-state index is 10.8. The van der Waals surface area contributed by atoms with Gasteiger partial charge >= 0.3 is 0 Å². The van der Waals surface area contributed by atoms with E-state index in [1.807, 2.05) is 0 Å². The van der Waals surface area contributed by atoms with Crippen molar-refractivity contribution in [2.75, 3.05) is 46.1 Å². The molecule has 5 heteroatoms. The van der Waals surface area contributed by atoms with Crippen molar-refractivity contribution in [1.82, 2.24) is 5.32 Å². The van der Waals surface area contributed by atoms with Gasteiger partial charge in [-0.25, -0.2) is 0 Å². The van der Waals surface area contributed by atoms with Gasteiger partial charge in [0.05, 0.1) is 33.0 Å². The number of nitrogens with two attached hydrogens (primary N) is 1. The number of nitrogens with one attached hydrogen (secondary N) is 1. The molecule has 0 bridgehead atoms. The van der Waals surface area contributed by atoms with E-state index in [4.69, 9.17) is 15.2 Å². The van der Waals surface area contributed by atoms with Crippen molar-refractivity contribution in [2.24, 2.45) is 5.73 Å². The molecule has 0 aromatic rings. The first-order chi connectivity index (χ1) is 7.31. The molecule has 0 rings (SSSR count). The van der Waals surface area contributed by atoms with E-state index in [9.17, 15) is 4.79 Å². The number of hydrogen-bond donors (Lipinski definition) is 2. The third-order valence-electron chi connectivity index (χ3n) is 1.58. The monoisotopic (exact) mass is 216 g/mol. The van der Waals surface area contributed by atoms with E-state index in [0.717, 1.165) is 0 Å². The standard InChI is InChI=1S/C10H20N2O3/c1-2-10(13)9-12-4-6-15-8-7-14-5-3-11/h2,12H,1,3-9,11H2. The van der Waals surface area contributed by atoms with Crippen molar-refractivity contribution in [3.05, 3.63) is 12.7 Å². The molecule has 0 aromatic carbocycles. The summed E-state index contributed by atoms with van der Waals surface area (Å²) in [7, 11) is 0. The number of ketones is 1. The lowest BCUT2D eigenvalue weighted by Crippen LogP contribution is -2.26. The predicted molar refractivity (Wildman–Crippen MR) is 58.8 cm³/mol. The molecule has 5 nitrogen and oxygen atoms in total. The summed E-state index contributed by atoms with van der Waals surface area (Å²) in [6.45, 7) is 7.11. The van der Waals surface area contributed by atoms with E-state index in [1.54, 1.807) is 0 Å². The largest absolute Gasteiger partial charge is 0.378 e. The molecule has 0 heterocycles. The van der Waals surface area contributed by atoms with Crippen LogP contribution in [0.15, 0.2) is 12.7 Å². The number of rotatable bonds is 11. The number of carbonyl (C=O) groups is 1. The van der Waals surface area contributed by atoms with E-state index in [2.05, 4.69) is 11.9 Å². The molecule has 0 amide bonds. The lowest BCUT2D eigenvalue weighted by Gasteiger charge is -2.05. The van der Waals surface area contributed by atoms with Crippen molar-refractivity contribution in [3.8, 4) is 0 Å². The molecular formula is C10H20N2O3. The molecule has 0 aliphatic heterocycles. The van der Waals surface area contributed by atoms with Gasteiger partial charge in [-0.1, -0.05) is 6.58 Å². The highest BCUT2D eigenvalue weighted by molar-refractivity contribution is 5.90. The molecule has 0 aliphatic carbocycles. The molecule has 0 spiro atoms. The molecule has 15 heavy (non-hydrogen) atoms. The maximum absolute atomic E-state index is 10.8. The second kappa shape index (κ2) is 11.3. The first kappa shape index (κ1) is 14.2. The number of carbonyl (C=O) groups excluding carboxylic acids is 1. The van der Waals surface area contributed by atoms with Crippen LogP contribution in [0.3, 0.4) is 0 Å². The Labute approximate surface area is 90.6 Å². The van der Waals surface area contributed by atoms with Crippen LogP contribution in [0.4, 0.5) is 0 Å². The Bertz CT molecular complexity index is 174. The first-order valence-corrected chi connectivity index (χ1v) is 5.02. The summed E-state index contributed by atoms with van der Waals surface area (Å²) < 4.78 is 10.3. The van der Waals surface area contributed by atoms with Crippen LogP contribution in [-0.2, 0) is 14.3 Å². The van der Waals surface area contributed by atoms with Crippen LogP contribution in [0.5, 0.6) is 0 Å². The minimum atomic E-state index is -0.0127. The third kappa shape index (κ3) is 11.2. The van der Waals surface area contributed by atoms with Crippen molar-refractivity contribution >= 4 is 5.78 Å². The fourth-order valence-electron chi connectivity index (χ4n) is 0.833. The smallest absolute Gasteiger partial charge is 0.168 e.